The smallest absolute Gasteiger partial charge is 0.177 e. The van der Waals surface area contributed by atoms with Crippen LogP contribution in [0.1, 0.15) is 59.2 Å². The highest BCUT2D eigenvalue weighted by Gasteiger charge is 2.32. The zero-order valence-corrected chi connectivity index (χ0v) is 23.6. The normalized spacial score (nSPS) is 19.0. The van der Waals surface area contributed by atoms with Crippen LogP contribution in [-0.4, -0.2) is 78.9 Å². The monoisotopic (exact) mass is 532 g/mol. The molecule has 1 unspecified atom stereocenters. The fourth-order valence-electron chi connectivity index (χ4n) is 5.35. The third-order valence-electron chi connectivity index (χ3n) is 7.43. The lowest BCUT2D eigenvalue weighted by Gasteiger charge is -2.42. The highest BCUT2D eigenvalue weighted by Crippen LogP contribution is 2.37. The van der Waals surface area contributed by atoms with Gasteiger partial charge in [0.1, 0.15) is 23.9 Å². The van der Waals surface area contributed by atoms with Gasteiger partial charge in [-0.25, -0.2) is 9.98 Å². The molecular formula is C29H40N8O2. The van der Waals surface area contributed by atoms with E-state index in [4.69, 9.17) is 20.6 Å². The number of ether oxygens (including phenoxy) is 1. The van der Waals surface area contributed by atoms with Crippen molar-refractivity contribution in [2.24, 2.45) is 15.7 Å². The molecule has 2 aliphatic heterocycles. The van der Waals surface area contributed by atoms with E-state index in [0.717, 1.165) is 54.3 Å². The van der Waals surface area contributed by atoms with E-state index < -0.39 is 0 Å². The first-order chi connectivity index (χ1) is 18.7. The van der Waals surface area contributed by atoms with Gasteiger partial charge in [0.05, 0.1) is 36.3 Å². The van der Waals surface area contributed by atoms with E-state index in [1.54, 1.807) is 6.92 Å². The second-order valence-corrected chi connectivity index (χ2v) is 11.4. The van der Waals surface area contributed by atoms with E-state index >= 15 is 0 Å². The van der Waals surface area contributed by atoms with Gasteiger partial charge in [-0.15, -0.1) is 0 Å². The molecule has 10 nitrogen and oxygen atoms in total. The van der Waals surface area contributed by atoms with Crippen molar-refractivity contribution in [3.63, 3.8) is 0 Å². The van der Waals surface area contributed by atoms with Gasteiger partial charge in [0.2, 0.25) is 0 Å². The van der Waals surface area contributed by atoms with E-state index in [-0.39, 0.29) is 24.2 Å². The van der Waals surface area contributed by atoms with E-state index in [1.807, 2.05) is 26.2 Å². The molecule has 3 N–H and O–H groups in total. The van der Waals surface area contributed by atoms with Crippen LogP contribution in [0.4, 0.5) is 0 Å². The van der Waals surface area contributed by atoms with Crippen LogP contribution in [-0.2, 0) is 6.54 Å². The summed E-state index contributed by atoms with van der Waals surface area (Å²) in [4.78, 5) is 16.4. The fraction of sp³-hybridized carbons (Fsp3) is 0.517. The molecule has 0 radical (unpaired) electrons. The van der Waals surface area contributed by atoms with Crippen molar-refractivity contribution in [1.82, 2.24) is 24.2 Å². The zero-order chi connectivity index (χ0) is 27.7. The molecule has 0 spiro atoms. The predicted octanol–water partition coefficient (Wildman–Crippen LogP) is 3.75. The summed E-state index contributed by atoms with van der Waals surface area (Å²) in [5.74, 6) is 2.61. The number of piperidine rings is 1. The van der Waals surface area contributed by atoms with Crippen LogP contribution in [0.3, 0.4) is 0 Å². The Morgan fingerprint density at radius 1 is 1.26 bits per heavy atom. The summed E-state index contributed by atoms with van der Waals surface area (Å²) < 4.78 is 10.5. The Hall–Kier alpha value is -3.50. The van der Waals surface area contributed by atoms with Gasteiger partial charge >= 0.3 is 0 Å². The first kappa shape index (κ1) is 27.1. The standard InChI is InChI=1S/C29H40N8O2/c1-19(2)32-27(33-20(3)30)24-17-35-13-14-39-26-15-21(8-9-23(26)28(35)34-24)25-10-11-31-37(25)22-7-6-12-36(16-22)29(4,5)18-38/h8-11,15,17,19,22,38H,6-7,12-14,16,18H2,1-5H3,(H2,30,32,33). The average molecular weight is 533 g/mol. The van der Waals surface area contributed by atoms with Crippen LogP contribution in [0, 0.1) is 0 Å². The zero-order valence-electron chi connectivity index (χ0n) is 23.6. The Morgan fingerprint density at radius 3 is 2.82 bits per heavy atom. The lowest BCUT2D eigenvalue weighted by atomic mass is 9.97. The number of benzene rings is 1. The van der Waals surface area contributed by atoms with Crippen LogP contribution in [0.5, 0.6) is 5.75 Å². The number of nitrogens with two attached hydrogens (primary N) is 1. The number of fused-ring (bicyclic) bond motifs is 3. The summed E-state index contributed by atoms with van der Waals surface area (Å²) in [5.41, 5.74) is 9.38. The maximum absolute atomic E-state index is 9.91. The summed E-state index contributed by atoms with van der Waals surface area (Å²) >= 11 is 0. The number of aliphatic hydroxyl groups is 1. The molecule has 1 saturated heterocycles. The fourth-order valence-corrected chi connectivity index (χ4v) is 5.35. The molecule has 39 heavy (non-hydrogen) atoms. The van der Waals surface area contributed by atoms with Gasteiger partial charge in [0.15, 0.2) is 5.84 Å². The lowest BCUT2D eigenvalue weighted by Crippen LogP contribution is -2.51. The lowest BCUT2D eigenvalue weighted by molar-refractivity contribution is 0.0246. The van der Waals surface area contributed by atoms with Gasteiger partial charge in [-0.3, -0.25) is 14.6 Å². The van der Waals surface area contributed by atoms with Crippen LogP contribution in [0.2, 0.25) is 0 Å². The second-order valence-electron chi connectivity index (χ2n) is 11.4. The van der Waals surface area contributed by atoms with Crippen molar-refractivity contribution in [2.45, 2.75) is 71.6 Å². The quantitative estimate of drug-likeness (QED) is 0.369. The molecule has 3 aromatic rings. The number of hydrogen-bond acceptors (Lipinski definition) is 6. The summed E-state index contributed by atoms with van der Waals surface area (Å²) in [6.45, 7) is 13.1. The third kappa shape index (κ3) is 5.62. The number of nitrogens with zero attached hydrogens (tertiary/aromatic N) is 7. The number of imidazole rings is 1. The van der Waals surface area contributed by atoms with Gasteiger partial charge < -0.3 is 20.1 Å². The Morgan fingerprint density at radius 2 is 2.08 bits per heavy atom. The van der Waals surface area contributed by atoms with Crippen LogP contribution in [0.15, 0.2) is 46.6 Å². The summed E-state index contributed by atoms with van der Waals surface area (Å²) in [6.07, 6.45) is 5.97. The Kier molecular flexibility index (Phi) is 7.59. The van der Waals surface area contributed by atoms with E-state index in [1.165, 1.54) is 0 Å². The van der Waals surface area contributed by atoms with Crippen molar-refractivity contribution in [1.29, 1.82) is 0 Å². The number of amidine groups is 2. The Bertz CT molecular complexity index is 1380. The van der Waals surface area contributed by atoms with Crippen LogP contribution < -0.4 is 10.5 Å². The van der Waals surface area contributed by atoms with Crippen molar-refractivity contribution in [3.8, 4) is 28.4 Å². The SMILES string of the molecule is CC(N)=NC(=NC(C)C)c1cn2c(n1)-c1ccc(-c3ccnn3C3CCCN(C(C)(C)CO)C3)cc1OCC2. The molecule has 0 aliphatic carbocycles. The number of aliphatic hydroxyl groups excluding tert-OH is 1. The minimum absolute atomic E-state index is 0.0681. The van der Waals surface area contributed by atoms with E-state index in [2.05, 4.69) is 62.2 Å². The summed E-state index contributed by atoms with van der Waals surface area (Å²) in [7, 11) is 0. The molecule has 5 rings (SSSR count). The molecular weight excluding hydrogens is 492 g/mol. The average Bonchev–Trinajstić information content (AvgIpc) is 3.52. The Labute approximate surface area is 230 Å². The second kappa shape index (κ2) is 10.9. The van der Waals surface area contributed by atoms with Crippen LogP contribution >= 0.6 is 0 Å². The van der Waals surface area contributed by atoms with Crippen molar-refractivity contribution in [3.05, 3.63) is 42.4 Å². The number of likely N-dealkylation sites (tertiary alicyclic amines) is 1. The maximum atomic E-state index is 9.91. The molecule has 2 aliphatic rings. The predicted molar refractivity (Wildman–Crippen MR) is 154 cm³/mol. The molecule has 208 valence electrons. The highest BCUT2D eigenvalue weighted by molar-refractivity contribution is 6.04. The summed E-state index contributed by atoms with van der Waals surface area (Å²) in [6, 6.07) is 8.66. The largest absolute Gasteiger partial charge is 0.491 e. The van der Waals surface area contributed by atoms with Crippen molar-refractivity contribution in [2.75, 3.05) is 26.3 Å². The van der Waals surface area contributed by atoms with Gasteiger partial charge in [-0.2, -0.15) is 5.10 Å². The number of hydrogen-bond donors (Lipinski definition) is 2. The van der Waals surface area contributed by atoms with Crippen LogP contribution in [0.25, 0.3) is 22.6 Å². The number of aromatic nitrogens is 4. The maximum Gasteiger partial charge on any atom is 0.177 e. The Balaban J connectivity index is 1.47. The first-order valence-corrected chi connectivity index (χ1v) is 13.8. The van der Waals surface area contributed by atoms with Crippen molar-refractivity contribution < 1.29 is 9.84 Å². The third-order valence-corrected chi connectivity index (χ3v) is 7.43. The minimum Gasteiger partial charge on any atom is -0.491 e. The highest BCUT2D eigenvalue weighted by atomic mass is 16.5. The molecule has 4 heterocycles. The van der Waals surface area contributed by atoms with Gasteiger partial charge in [-0.05, 0) is 72.2 Å². The minimum atomic E-state index is -0.251. The first-order valence-electron chi connectivity index (χ1n) is 13.8. The molecule has 0 bridgehead atoms. The molecule has 0 amide bonds. The van der Waals surface area contributed by atoms with E-state index in [0.29, 0.717) is 30.5 Å². The molecule has 0 saturated carbocycles. The van der Waals surface area contributed by atoms with Gasteiger partial charge in [0.25, 0.3) is 0 Å². The molecule has 1 atom stereocenters. The van der Waals surface area contributed by atoms with Crippen molar-refractivity contribution >= 4 is 11.7 Å². The number of rotatable bonds is 6. The molecule has 1 aromatic carbocycles. The van der Waals surface area contributed by atoms with E-state index in [9.17, 15) is 5.11 Å². The number of aliphatic imine (C=N–C) groups is 2. The molecule has 10 heteroatoms. The van der Waals surface area contributed by atoms with Gasteiger partial charge in [0, 0.05) is 36.1 Å². The molecule has 1 fully saturated rings. The summed E-state index contributed by atoms with van der Waals surface area (Å²) in [5, 5.41) is 14.6. The molecule has 2 aromatic heterocycles. The van der Waals surface area contributed by atoms with Gasteiger partial charge in [-0.1, -0.05) is 6.07 Å². The topological polar surface area (TPSA) is 119 Å².